The van der Waals surface area contributed by atoms with Crippen molar-refractivity contribution in [1.29, 1.82) is 0 Å². The number of fused-ring (bicyclic) bond motifs is 2. The van der Waals surface area contributed by atoms with E-state index >= 15 is 0 Å². The molecular formula is C21H32N4O3S. The van der Waals surface area contributed by atoms with E-state index in [1.807, 2.05) is 20.8 Å². The number of hydrogen-bond donors (Lipinski definition) is 2. The van der Waals surface area contributed by atoms with Crippen molar-refractivity contribution >= 4 is 23.3 Å². The maximum atomic E-state index is 12.1. The van der Waals surface area contributed by atoms with Gasteiger partial charge in [-0.05, 0) is 47.0 Å². The molecule has 2 aliphatic carbocycles. The normalized spacial score (nSPS) is 28.3. The summed E-state index contributed by atoms with van der Waals surface area (Å²) in [7, 11) is 0. The second-order valence-corrected chi connectivity index (χ2v) is 9.36. The molecule has 7 nitrogen and oxygen atoms in total. The van der Waals surface area contributed by atoms with Crippen LogP contribution in [0.3, 0.4) is 0 Å². The predicted molar refractivity (Wildman–Crippen MR) is 113 cm³/mol. The molecule has 1 aliphatic heterocycles. The molecule has 4 unspecified atom stereocenters. The summed E-state index contributed by atoms with van der Waals surface area (Å²) in [6.45, 7) is 9.72. The molecule has 0 bridgehead atoms. The number of rotatable bonds is 6. The van der Waals surface area contributed by atoms with Crippen LogP contribution in [0.4, 0.5) is 0 Å². The quantitative estimate of drug-likeness (QED) is 0.418. The summed E-state index contributed by atoms with van der Waals surface area (Å²) in [5.41, 5.74) is 1.02. The van der Waals surface area contributed by atoms with E-state index in [1.54, 1.807) is 0 Å². The minimum atomic E-state index is -0.296. The van der Waals surface area contributed by atoms with E-state index in [4.69, 9.17) is 9.47 Å². The zero-order valence-corrected chi connectivity index (χ0v) is 18.6. The molecular weight excluding hydrogens is 388 g/mol. The van der Waals surface area contributed by atoms with Gasteiger partial charge in [0.25, 0.3) is 0 Å². The molecule has 2 saturated carbocycles. The van der Waals surface area contributed by atoms with E-state index < -0.39 is 0 Å². The third kappa shape index (κ3) is 3.54. The standard InChI is InChI=1S/C21H32N4O3S/c1-5-22-20(25-16-14-8-11-28-17(14)21(16)9-7-10-21)24-13(4)18-23-12(3)15(29-18)19(26)27-6-2/h13-14,16-17H,5-11H2,1-4H3,(H2,22,24,25). The van der Waals surface area contributed by atoms with Gasteiger partial charge < -0.3 is 20.1 Å². The number of aliphatic imine (C=N–C) groups is 1. The third-order valence-electron chi connectivity index (χ3n) is 6.64. The van der Waals surface area contributed by atoms with E-state index in [0.717, 1.165) is 29.7 Å². The molecule has 3 aliphatic rings. The first kappa shape index (κ1) is 20.6. The van der Waals surface area contributed by atoms with Crippen LogP contribution in [0.2, 0.25) is 0 Å². The molecule has 2 heterocycles. The van der Waals surface area contributed by atoms with Crippen molar-refractivity contribution < 1.29 is 14.3 Å². The summed E-state index contributed by atoms with van der Waals surface area (Å²) in [4.78, 5) is 22.0. The van der Waals surface area contributed by atoms with Crippen molar-refractivity contribution in [2.75, 3.05) is 19.8 Å². The zero-order valence-electron chi connectivity index (χ0n) is 17.8. The number of guanidine groups is 1. The Morgan fingerprint density at radius 1 is 1.45 bits per heavy atom. The molecule has 1 aromatic rings. The van der Waals surface area contributed by atoms with Gasteiger partial charge in [-0.15, -0.1) is 11.3 Å². The topological polar surface area (TPSA) is 84.8 Å². The van der Waals surface area contributed by atoms with E-state index in [-0.39, 0.29) is 12.0 Å². The van der Waals surface area contributed by atoms with Gasteiger partial charge in [0.1, 0.15) is 9.88 Å². The molecule has 1 saturated heterocycles. The second-order valence-electron chi connectivity index (χ2n) is 8.33. The minimum Gasteiger partial charge on any atom is -0.462 e. The van der Waals surface area contributed by atoms with Crippen LogP contribution in [0.1, 0.15) is 72.9 Å². The van der Waals surface area contributed by atoms with Gasteiger partial charge in [-0.3, -0.25) is 4.99 Å². The molecule has 0 aromatic carbocycles. The maximum absolute atomic E-state index is 12.1. The van der Waals surface area contributed by atoms with Crippen molar-refractivity contribution in [3.05, 3.63) is 15.6 Å². The molecule has 29 heavy (non-hydrogen) atoms. The summed E-state index contributed by atoms with van der Waals surface area (Å²) in [6, 6.07) is 0.384. The number of carbonyl (C=O) groups excluding carboxylic acids is 1. The monoisotopic (exact) mass is 420 g/mol. The van der Waals surface area contributed by atoms with Gasteiger partial charge >= 0.3 is 5.97 Å². The van der Waals surface area contributed by atoms with Crippen molar-refractivity contribution in [3.8, 4) is 0 Å². The molecule has 160 valence electrons. The van der Waals surface area contributed by atoms with E-state index in [1.165, 1.54) is 30.6 Å². The van der Waals surface area contributed by atoms with Crippen LogP contribution in [0.25, 0.3) is 0 Å². The highest BCUT2D eigenvalue weighted by atomic mass is 32.1. The zero-order chi connectivity index (χ0) is 20.6. The molecule has 8 heteroatoms. The van der Waals surface area contributed by atoms with Crippen LogP contribution in [0.15, 0.2) is 4.99 Å². The Morgan fingerprint density at radius 3 is 2.90 bits per heavy atom. The highest BCUT2D eigenvalue weighted by Crippen LogP contribution is 2.62. The fourth-order valence-electron chi connectivity index (χ4n) is 5.15. The highest BCUT2D eigenvalue weighted by molar-refractivity contribution is 7.13. The number of hydrogen-bond acceptors (Lipinski definition) is 6. The summed E-state index contributed by atoms with van der Waals surface area (Å²) >= 11 is 1.39. The van der Waals surface area contributed by atoms with Crippen LogP contribution in [0, 0.1) is 18.3 Å². The Morgan fingerprint density at radius 2 is 2.24 bits per heavy atom. The average molecular weight is 421 g/mol. The third-order valence-corrected chi connectivity index (χ3v) is 7.96. The first-order chi connectivity index (χ1) is 14.0. The number of nitrogens with zero attached hydrogens (tertiary/aromatic N) is 2. The van der Waals surface area contributed by atoms with Gasteiger partial charge in [0.15, 0.2) is 5.96 Å². The van der Waals surface area contributed by atoms with Crippen molar-refractivity contribution in [2.24, 2.45) is 16.3 Å². The minimum absolute atomic E-state index is 0.0484. The summed E-state index contributed by atoms with van der Waals surface area (Å²) in [5.74, 6) is 1.12. The Balaban J connectivity index is 1.44. The number of carbonyl (C=O) groups is 1. The van der Waals surface area contributed by atoms with E-state index in [2.05, 4.69) is 27.5 Å². The van der Waals surface area contributed by atoms with Gasteiger partial charge in [-0.25, -0.2) is 9.78 Å². The Hall–Kier alpha value is -1.67. The van der Waals surface area contributed by atoms with Gasteiger partial charge in [-0.1, -0.05) is 6.42 Å². The number of aromatic nitrogens is 1. The SMILES string of the molecule is CCN=C(NC(C)c1nc(C)c(C(=O)OCC)s1)NC1C2CCOC2C12CCC2. The fourth-order valence-corrected chi connectivity index (χ4v) is 6.11. The Bertz CT molecular complexity index is 789. The van der Waals surface area contributed by atoms with Crippen molar-refractivity contribution in [3.63, 3.8) is 0 Å². The summed E-state index contributed by atoms with van der Waals surface area (Å²) in [5, 5.41) is 8.10. The summed E-state index contributed by atoms with van der Waals surface area (Å²) < 4.78 is 11.2. The van der Waals surface area contributed by atoms with Crippen molar-refractivity contribution in [1.82, 2.24) is 15.6 Å². The summed E-state index contributed by atoms with van der Waals surface area (Å²) in [6.07, 6.45) is 5.35. The van der Waals surface area contributed by atoms with Crippen LogP contribution in [-0.2, 0) is 9.47 Å². The fraction of sp³-hybridized carbons (Fsp3) is 0.762. The van der Waals surface area contributed by atoms with E-state index in [0.29, 0.717) is 41.5 Å². The molecule has 0 radical (unpaired) electrons. The smallest absolute Gasteiger partial charge is 0.350 e. The van der Waals surface area contributed by atoms with Gasteiger partial charge in [0.05, 0.1) is 24.4 Å². The number of aryl methyl sites for hydroxylation is 1. The van der Waals surface area contributed by atoms with Crippen LogP contribution >= 0.6 is 11.3 Å². The van der Waals surface area contributed by atoms with Gasteiger partial charge in [0.2, 0.25) is 0 Å². The first-order valence-corrected chi connectivity index (χ1v) is 11.7. The average Bonchev–Trinajstić information content (AvgIpc) is 3.23. The number of esters is 1. The van der Waals surface area contributed by atoms with E-state index in [9.17, 15) is 4.79 Å². The molecule has 2 N–H and O–H groups in total. The molecule has 3 fully saturated rings. The number of nitrogens with one attached hydrogen (secondary N) is 2. The Kier molecular flexibility index (Phi) is 5.84. The van der Waals surface area contributed by atoms with Gasteiger partial charge in [0, 0.05) is 30.5 Å². The molecule has 0 amide bonds. The lowest BCUT2D eigenvalue weighted by atomic mass is 9.46. The maximum Gasteiger partial charge on any atom is 0.350 e. The molecule has 1 aromatic heterocycles. The Labute approximate surface area is 176 Å². The first-order valence-electron chi connectivity index (χ1n) is 10.8. The lowest BCUT2D eigenvalue weighted by Gasteiger charge is -2.63. The largest absolute Gasteiger partial charge is 0.462 e. The number of ether oxygens (including phenoxy) is 2. The second kappa shape index (κ2) is 8.22. The molecule has 1 spiro atoms. The molecule has 4 rings (SSSR count). The number of thiazole rings is 1. The lowest BCUT2D eigenvalue weighted by Crippen LogP contribution is -2.72. The highest BCUT2D eigenvalue weighted by Gasteiger charge is 2.66. The van der Waals surface area contributed by atoms with Crippen LogP contribution in [-0.4, -0.2) is 48.8 Å². The molecule has 4 atom stereocenters. The lowest BCUT2D eigenvalue weighted by molar-refractivity contribution is -0.171. The van der Waals surface area contributed by atoms with Crippen LogP contribution in [0.5, 0.6) is 0 Å². The van der Waals surface area contributed by atoms with Gasteiger partial charge in [-0.2, -0.15) is 0 Å². The predicted octanol–water partition coefficient (Wildman–Crippen LogP) is 3.20. The van der Waals surface area contributed by atoms with Crippen molar-refractivity contribution in [2.45, 2.75) is 71.6 Å². The van der Waals surface area contributed by atoms with Crippen LogP contribution < -0.4 is 10.6 Å².